The molecular formula is C8H13NO2S. The molecule has 4 heteroatoms. The Kier molecular flexibility index (Phi) is 2.76. The summed E-state index contributed by atoms with van der Waals surface area (Å²) in [5.41, 5.74) is 5.51. The minimum Gasteiger partial charge on any atom is -0.317 e. The smallest absolute Gasteiger partial charge is 0.155 e. The summed E-state index contributed by atoms with van der Waals surface area (Å²) >= 11 is 0. The predicted molar refractivity (Wildman–Crippen MR) is 48.2 cm³/mol. The summed E-state index contributed by atoms with van der Waals surface area (Å²) < 4.78 is 22.8. The Labute approximate surface area is 73.3 Å². The maximum Gasteiger partial charge on any atom is 0.155 e. The van der Waals surface area contributed by atoms with Crippen LogP contribution >= 0.6 is 0 Å². The Balaban J connectivity index is 2.82. The van der Waals surface area contributed by atoms with Crippen LogP contribution in [0.2, 0.25) is 0 Å². The standard InChI is InChI=1S/C8H13NO2S/c1-2-7(9)8-5-3-4-6-12(8,10)11/h1,7-8H,3-6,9H2. The molecular weight excluding hydrogens is 174 g/mol. The first-order valence-corrected chi connectivity index (χ1v) is 5.73. The molecule has 0 radical (unpaired) electrons. The van der Waals surface area contributed by atoms with Crippen molar-refractivity contribution in [1.29, 1.82) is 0 Å². The van der Waals surface area contributed by atoms with Crippen molar-refractivity contribution in [2.75, 3.05) is 5.75 Å². The summed E-state index contributed by atoms with van der Waals surface area (Å²) in [5, 5.41) is -0.503. The van der Waals surface area contributed by atoms with Gasteiger partial charge in [0, 0.05) is 0 Å². The molecule has 2 N–H and O–H groups in total. The molecule has 1 aliphatic rings. The zero-order valence-corrected chi connectivity index (χ0v) is 7.68. The van der Waals surface area contributed by atoms with E-state index in [1.165, 1.54) is 0 Å². The molecule has 2 unspecified atom stereocenters. The summed E-state index contributed by atoms with van der Waals surface area (Å²) in [4.78, 5) is 0. The molecule has 1 heterocycles. The molecule has 1 aliphatic heterocycles. The van der Waals surface area contributed by atoms with Crippen LogP contribution in [-0.4, -0.2) is 25.5 Å². The van der Waals surface area contributed by atoms with Gasteiger partial charge in [0.15, 0.2) is 9.84 Å². The van der Waals surface area contributed by atoms with Crippen molar-refractivity contribution in [3.63, 3.8) is 0 Å². The highest BCUT2D eigenvalue weighted by Crippen LogP contribution is 2.20. The number of sulfone groups is 1. The first kappa shape index (κ1) is 9.56. The Bertz CT molecular complexity index is 289. The van der Waals surface area contributed by atoms with Crippen LogP contribution in [0.15, 0.2) is 0 Å². The van der Waals surface area contributed by atoms with Crippen molar-refractivity contribution in [3.8, 4) is 12.3 Å². The topological polar surface area (TPSA) is 60.2 Å². The summed E-state index contributed by atoms with van der Waals surface area (Å²) in [7, 11) is -3.00. The minimum absolute atomic E-state index is 0.243. The van der Waals surface area contributed by atoms with E-state index in [0.29, 0.717) is 6.42 Å². The fraction of sp³-hybridized carbons (Fsp3) is 0.750. The number of hydrogen-bond donors (Lipinski definition) is 1. The van der Waals surface area contributed by atoms with Crippen LogP contribution in [-0.2, 0) is 9.84 Å². The summed E-state index contributed by atoms with van der Waals surface area (Å²) in [5.74, 6) is 2.53. The molecule has 0 amide bonds. The van der Waals surface area contributed by atoms with Crippen molar-refractivity contribution < 1.29 is 8.42 Å². The Morgan fingerprint density at radius 2 is 2.17 bits per heavy atom. The third-order valence-corrected chi connectivity index (χ3v) is 4.53. The predicted octanol–water partition coefficient (Wildman–Crippen LogP) is -0.0858. The van der Waals surface area contributed by atoms with E-state index in [0.717, 1.165) is 12.8 Å². The van der Waals surface area contributed by atoms with Gasteiger partial charge in [-0.15, -0.1) is 6.42 Å². The first-order valence-electron chi connectivity index (χ1n) is 4.01. The second kappa shape index (κ2) is 3.46. The molecule has 0 saturated carbocycles. The zero-order valence-electron chi connectivity index (χ0n) is 6.86. The van der Waals surface area contributed by atoms with Crippen LogP contribution in [0.5, 0.6) is 0 Å². The molecule has 0 aliphatic carbocycles. The van der Waals surface area contributed by atoms with E-state index in [9.17, 15) is 8.42 Å². The second-order valence-electron chi connectivity index (χ2n) is 3.09. The van der Waals surface area contributed by atoms with Gasteiger partial charge in [0.2, 0.25) is 0 Å². The summed E-state index contributed by atoms with van der Waals surface area (Å²) in [6.45, 7) is 0. The molecule has 0 aromatic carbocycles. The summed E-state index contributed by atoms with van der Waals surface area (Å²) in [6.07, 6.45) is 7.37. The van der Waals surface area contributed by atoms with Gasteiger partial charge in [0.05, 0.1) is 17.0 Å². The highest BCUT2D eigenvalue weighted by molar-refractivity contribution is 7.92. The average Bonchev–Trinajstić information content (AvgIpc) is 2.02. The van der Waals surface area contributed by atoms with Gasteiger partial charge in [0.25, 0.3) is 0 Å². The number of terminal acetylenes is 1. The number of nitrogens with two attached hydrogens (primary N) is 1. The minimum atomic E-state index is -3.00. The Hall–Kier alpha value is -0.530. The molecule has 68 valence electrons. The molecule has 1 fully saturated rings. The van der Waals surface area contributed by atoms with Gasteiger partial charge < -0.3 is 5.73 Å². The molecule has 2 atom stereocenters. The van der Waals surface area contributed by atoms with Gasteiger partial charge in [-0.1, -0.05) is 12.3 Å². The van der Waals surface area contributed by atoms with E-state index in [4.69, 9.17) is 12.2 Å². The SMILES string of the molecule is C#CC(N)C1CCCCS1(=O)=O. The van der Waals surface area contributed by atoms with E-state index in [-0.39, 0.29) is 5.75 Å². The van der Waals surface area contributed by atoms with Gasteiger partial charge in [-0.05, 0) is 12.8 Å². The van der Waals surface area contributed by atoms with Crippen LogP contribution < -0.4 is 5.73 Å². The third kappa shape index (κ3) is 1.79. The first-order chi connectivity index (χ1) is 5.58. The van der Waals surface area contributed by atoms with Gasteiger partial charge in [-0.25, -0.2) is 8.42 Å². The highest BCUT2D eigenvalue weighted by Gasteiger charge is 2.32. The maximum atomic E-state index is 11.4. The van der Waals surface area contributed by atoms with Crippen molar-refractivity contribution in [2.24, 2.45) is 5.73 Å². The lowest BCUT2D eigenvalue weighted by Gasteiger charge is -2.24. The van der Waals surface area contributed by atoms with E-state index >= 15 is 0 Å². The Morgan fingerprint density at radius 1 is 1.50 bits per heavy atom. The zero-order chi connectivity index (χ0) is 9.19. The molecule has 0 aromatic rings. The Morgan fingerprint density at radius 3 is 2.67 bits per heavy atom. The van der Waals surface area contributed by atoms with E-state index in [2.05, 4.69) is 5.92 Å². The molecule has 3 nitrogen and oxygen atoms in total. The van der Waals surface area contributed by atoms with Crippen LogP contribution in [0.1, 0.15) is 19.3 Å². The van der Waals surface area contributed by atoms with Crippen LogP contribution in [0.4, 0.5) is 0 Å². The van der Waals surface area contributed by atoms with Gasteiger partial charge in [-0.2, -0.15) is 0 Å². The normalized spacial score (nSPS) is 30.5. The lowest BCUT2D eigenvalue weighted by Crippen LogP contribution is -2.42. The largest absolute Gasteiger partial charge is 0.317 e. The van der Waals surface area contributed by atoms with Crippen molar-refractivity contribution in [2.45, 2.75) is 30.6 Å². The fourth-order valence-electron chi connectivity index (χ4n) is 1.49. The molecule has 12 heavy (non-hydrogen) atoms. The highest BCUT2D eigenvalue weighted by atomic mass is 32.2. The number of hydrogen-bond acceptors (Lipinski definition) is 3. The number of rotatable bonds is 1. The lowest BCUT2D eigenvalue weighted by molar-refractivity contribution is 0.526. The van der Waals surface area contributed by atoms with Gasteiger partial charge >= 0.3 is 0 Å². The second-order valence-corrected chi connectivity index (χ2v) is 5.43. The average molecular weight is 187 g/mol. The third-order valence-electron chi connectivity index (χ3n) is 2.22. The van der Waals surface area contributed by atoms with Gasteiger partial charge in [-0.3, -0.25) is 0 Å². The van der Waals surface area contributed by atoms with Crippen molar-refractivity contribution in [1.82, 2.24) is 0 Å². The lowest BCUT2D eigenvalue weighted by atomic mass is 10.1. The molecule has 1 saturated heterocycles. The van der Waals surface area contributed by atoms with E-state index < -0.39 is 21.1 Å². The summed E-state index contributed by atoms with van der Waals surface area (Å²) in [6, 6.07) is -0.629. The van der Waals surface area contributed by atoms with Crippen molar-refractivity contribution in [3.05, 3.63) is 0 Å². The maximum absolute atomic E-state index is 11.4. The monoisotopic (exact) mass is 187 g/mol. The quantitative estimate of drug-likeness (QED) is 0.584. The van der Waals surface area contributed by atoms with E-state index in [1.807, 2.05) is 0 Å². The molecule has 1 rings (SSSR count). The van der Waals surface area contributed by atoms with Crippen LogP contribution in [0.25, 0.3) is 0 Å². The van der Waals surface area contributed by atoms with Crippen LogP contribution in [0.3, 0.4) is 0 Å². The fourth-order valence-corrected chi connectivity index (χ4v) is 3.45. The van der Waals surface area contributed by atoms with Crippen LogP contribution in [0, 0.1) is 12.3 Å². The van der Waals surface area contributed by atoms with Crippen molar-refractivity contribution >= 4 is 9.84 Å². The van der Waals surface area contributed by atoms with E-state index in [1.54, 1.807) is 0 Å². The molecule has 0 spiro atoms. The van der Waals surface area contributed by atoms with Gasteiger partial charge in [0.1, 0.15) is 0 Å². The molecule has 0 bridgehead atoms. The molecule has 0 aromatic heterocycles.